The number of aliphatic hydroxyl groups is 1. The summed E-state index contributed by atoms with van der Waals surface area (Å²) in [6.45, 7) is 4.54. The van der Waals surface area contributed by atoms with E-state index in [1.165, 1.54) is 180 Å². The summed E-state index contributed by atoms with van der Waals surface area (Å²) in [6.07, 6.45) is 74.3. The molecule has 0 aromatic rings. The van der Waals surface area contributed by atoms with Crippen LogP contribution >= 0.6 is 7.82 Å². The number of carbonyl (C=O) groups excluding carboxylic acids is 1. The van der Waals surface area contributed by atoms with E-state index >= 15 is 0 Å². The Kier molecular flexibility index (Phi) is 52.2. The van der Waals surface area contributed by atoms with Crippen molar-refractivity contribution in [3.05, 3.63) is 72.9 Å². The zero-order chi connectivity index (χ0) is 52.7. The number of amides is 1. The number of hydrogen-bond acceptors (Lipinski definition) is 6. The van der Waals surface area contributed by atoms with Gasteiger partial charge in [-0.15, -0.1) is 0 Å². The Morgan fingerprint density at radius 3 is 1.24 bits per heavy atom. The molecule has 0 fully saturated rings. The van der Waals surface area contributed by atoms with E-state index in [1.54, 1.807) is 6.08 Å². The van der Waals surface area contributed by atoms with Crippen molar-refractivity contribution in [3.8, 4) is 0 Å². The summed E-state index contributed by atoms with van der Waals surface area (Å²) in [7, 11) is 1.27. The number of phosphoric ester groups is 1. The molecule has 0 aromatic heterocycles. The van der Waals surface area contributed by atoms with Crippen molar-refractivity contribution in [2.24, 2.45) is 0 Å². The minimum atomic E-state index is -4.59. The van der Waals surface area contributed by atoms with Gasteiger partial charge >= 0.3 is 0 Å². The predicted octanol–water partition coefficient (Wildman–Crippen LogP) is 18.0. The van der Waals surface area contributed by atoms with E-state index in [1.807, 2.05) is 27.2 Å². The van der Waals surface area contributed by atoms with Crippen molar-refractivity contribution in [2.45, 2.75) is 283 Å². The molecule has 0 saturated heterocycles. The zero-order valence-corrected chi connectivity index (χ0v) is 48.8. The lowest BCUT2D eigenvalue weighted by Crippen LogP contribution is -2.45. The number of phosphoric acid groups is 1. The van der Waals surface area contributed by atoms with E-state index in [0.29, 0.717) is 17.4 Å². The quantitative estimate of drug-likeness (QED) is 0.0272. The Hall–Kier alpha value is -2.06. The normalized spacial score (nSPS) is 14.4. The first-order chi connectivity index (χ1) is 35.0. The highest BCUT2D eigenvalue weighted by molar-refractivity contribution is 7.45. The molecule has 420 valence electrons. The number of unbranched alkanes of at least 4 members (excludes halogenated alkanes) is 32. The number of nitrogens with zero attached hydrogens (tertiary/aromatic N) is 1. The van der Waals surface area contributed by atoms with Crippen LogP contribution in [0.2, 0.25) is 0 Å². The largest absolute Gasteiger partial charge is 0.756 e. The molecule has 3 atom stereocenters. The fraction of sp³-hybridized carbons (Fsp3) is 0.794. The van der Waals surface area contributed by atoms with Crippen LogP contribution < -0.4 is 10.2 Å². The third kappa shape index (κ3) is 55.7. The molecule has 0 aliphatic rings. The molecule has 0 aliphatic heterocycles. The molecular formula is C63H117N2O6P. The lowest BCUT2D eigenvalue weighted by atomic mass is 10.0. The van der Waals surface area contributed by atoms with E-state index in [-0.39, 0.29) is 19.1 Å². The highest BCUT2D eigenvalue weighted by atomic mass is 31.2. The van der Waals surface area contributed by atoms with Gasteiger partial charge in [-0.3, -0.25) is 9.36 Å². The number of carbonyl (C=O) groups is 1. The monoisotopic (exact) mass is 1030 g/mol. The Balaban J connectivity index is 3.95. The van der Waals surface area contributed by atoms with Crippen LogP contribution in [0.5, 0.6) is 0 Å². The SMILES string of the molecule is CC/C=C\C/C=C\C/C=C\C/C=C\C/C=C\CCCCCCCCCCCCCCCCCCCCCCCC(=O)NC(COP(=O)([O-])OCC[N+](C)(C)C)C(O)/C=C/CCCCCCCCCCCCC. The summed E-state index contributed by atoms with van der Waals surface area (Å²) in [4.78, 5) is 25.5. The molecule has 0 bridgehead atoms. The van der Waals surface area contributed by atoms with Crippen LogP contribution in [-0.2, 0) is 18.4 Å². The van der Waals surface area contributed by atoms with Gasteiger partial charge in [-0.2, -0.15) is 0 Å². The van der Waals surface area contributed by atoms with Gasteiger partial charge in [0, 0.05) is 6.42 Å². The number of allylic oxidation sites excluding steroid dienone is 11. The van der Waals surface area contributed by atoms with Crippen LogP contribution in [-0.4, -0.2) is 68.5 Å². The van der Waals surface area contributed by atoms with E-state index in [2.05, 4.69) is 79.9 Å². The van der Waals surface area contributed by atoms with Gasteiger partial charge in [0.2, 0.25) is 5.91 Å². The number of rotatable bonds is 55. The van der Waals surface area contributed by atoms with Crippen molar-refractivity contribution < 1.29 is 32.9 Å². The predicted molar refractivity (Wildman–Crippen MR) is 311 cm³/mol. The highest BCUT2D eigenvalue weighted by Gasteiger charge is 2.23. The Bertz CT molecular complexity index is 1400. The van der Waals surface area contributed by atoms with Gasteiger partial charge in [-0.05, 0) is 64.2 Å². The molecule has 0 spiro atoms. The molecule has 0 saturated carbocycles. The number of likely N-dealkylation sites (N-methyl/N-ethyl adjacent to an activating group) is 1. The maximum absolute atomic E-state index is 13.0. The van der Waals surface area contributed by atoms with E-state index in [4.69, 9.17) is 9.05 Å². The highest BCUT2D eigenvalue weighted by Crippen LogP contribution is 2.38. The van der Waals surface area contributed by atoms with Gasteiger partial charge in [-0.25, -0.2) is 0 Å². The second-order valence-corrected chi connectivity index (χ2v) is 23.1. The van der Waals surface area contributed by atoms with Crippen molar-refractivity contribution in [3.63, 3.8) is 0 Å². The maximum Gasteiger partial charge on any atom is 0.268 e. The topological polar surface area (TPSA) is 108 Å². The van der Waals surface area contributed by atoms with Crippen LogP contribution in [0.1, 0.15) is 271 Å². The Morgan fingerprint density at radius 1 is 0.500 bits per heavy atom. The zero-order valence-electron chi connectivity index (χ0n) is 47.9. The van der Waals surface area contributed by atoms with Crippen LogP contribution in [0.25, 0.3) is 0 Å². The standard InChI is InChI=1S/C63H117N2O6P/c1-6-8-10-12-14-16-18-20-21-22-23-24-25-26-27-28-29-30-31-32-33-34-35-36-37-38-39-40-41-42-43-45-47-49-51-53-55-57-63(67)64-61(60-71-72(68,69)70-59-58-65(3,4)5)62(66)56-54-52-50-48-46-44-19-17-15-13-11-9-7-2/h8,10,14,16,20-21,23-24,26-27,54,56,61-62,66H,6-7,9,11-13,15,17-19,22,25,28-53,55,57-60H2,1-5H3,(H-,64,67,68,69)/b10-8-,16-14-,21-20-,24-23-,27-26-,56-54+. The average Bonchev–Trinajstić information content (AvgIpc) is 3.34. The van der Waals surface area contributed by atoms with Crippen molar-refractivity contribution in [2.75, 3.05) is 40.9 Å². The van der Waals surface area contributed by atoms with E-state index in [0.717, 1.165) is 70.6 Å². The van der Waals surface area contributed by atoms with Gasteiger partial charge in [0.1, 0.15) is 13.2 Å². The molecule has 3 unspecified atom stereocenters. The second kappa shape index (κ2) is 53.8. The third-order valence-corrected chi connectivity index (χ3v) is 14.4. The second-order valence-electron chi connectivity index (χ2n) is 21.7. The van der Waals surface area contributed by atoms with E-state index < -0.39 is 20.0 Å². The first-order valence-corrected chi connectivity index (χ1v) is 31.8. The minimum absolute atomic E-state index is 0.00103. The lowest BCUT2D eigenvalue weighted by Gasteiger charge is -2.29. The first-order valence-electron chi connectivity index (χ1n) is 30.3. The number of hydrogen-bond donors (Lipinski definition) is 2. The minimum Gasteiger partial charge on any atom is -0.756 e. The summed E-state index contributed by atoms with van der Waals surface area (Å²) in [5.74, 6) is -0.196. The molecule has 0 aliphatic carbocycles. The number of quaternary nitrogens is 1. The van der Waals surface area contributed by atoms with Crippen molar-refractivity contribution in [1.82, 2.24) is 5.32 Å². The molecule has 8 nitrogen and oxygen atoms in total. The molecule has 0 aromatic carbocycles. The third-order valence-electron chi connectivity index (χ3n) is 13.4. The summed E-state index contributed by atoms with van der Waals surface area (Å²) in [6, 6.07) is -0.886. The van der Waals surface area contributed by atoms with Crippen LogP contribution in [0.3, 0.4) is 0 Å². The molecule has 72 heavy (non-hydrogen) atoms. The van der Waals surface area contributed by atoms with E-state index in [9.17, 15) is 19.4 Å². The molecule has 0 heterocycles. The molecule has 1 amide bonds. The van der Waals surface area contributed by atoms with Gasteiger partial charge in [0.05, 0.1) is 39.9 Å². The molecule has 0 rings (SSSR count). The van der Waals surface area contributed by atoms with Gasteiger partial charge in [0.25, 0.3) is 7.82 Å². The number of aliphatic hydroxyl groups excluding tert-OH is 1. The average molecular weight is 1030 g/mol. The molecule has 2 N–H and O–H groups in total. The molecule has 9 heteroatoms. The first kappa shape index (κ1) is 69.9. The molecule has 0 radical (unpaired) electrons. The van der Waals surface area contributed by atoms with Crippen LogP contribution in [0, 0.1) is 0 Å². The maximum atomic E-state index is 13.0. The number of nitrogens with one attached hydrogen (secondary N) is 1. The summed E-state index contributed by atoms with van der Waals surface area (Å²) >= 11 is 0. The smallest absolute Gasteiger partial charge is 0.268 e. The van der Waals surface area contributed by atoms with Crippen molar-refractivity contribution >= 4 is 13.7 Å². The fourth-order valence-corrected chi connectivity index (χ4v) is 9.43. The summed E-state index contributed by atoms with van der Waals surface area (Å²) in [5.41, 5.74) is 0. The Morgan fingerprint density at radius 2 is 0.847 bits per heavy atom. The Labute approximate surface area is 446 Å². The fourth-order valence-electron chi connectivity index (χ4n) is 8.71. The van der Waals surface area contributed by atoms with Gasteiger partial charge in [-0.1, -0.05) is 273 Å². The van der Waals surface area contributed by atoms with Gasteiger partial charge in [0.15, 0.2) is 0 Å². The van der Waals surface area contributed by atoms with Crippen molar-refractivity contribution in [1.29, 1.82) is 0 Å². The van der Waals surface area contributed by atoms with Crippen LogP contribution in [0.4, 0.5) is 0 Å². The van der Waals surface area contributed by atoms with Gasteiger partial charge < -0.3 is 28.8 Å². The lowest BCUT2D eigenvalue weighted by molar-refractivity contribution is -0.870. The summed E-state index contributed by atoms with van der Waals surface area (Å²) < 4.78 is 23.3. The van der Waals surface area contributed by atoms with Crippen LogP contribution in [0.15, 0.2) is 72.9 Å². The summed E-state index contributed by atoms with van der Waals surface area (Å²) in [5, 5.41) is 13.9. The molecular weight excluding hydrogens is 912 g/mol.